The molecule has 7 nitrogen and oxygen atoms in total. The van der Waals surface area contributed by atoms with Crippen molar-refractivity contribution < 1.29 is 14.2 Å². The van der Waals surface area contributed by atoms with E-state index in [-0.39, 0.29) is 0 Å². The molecule has 1 heterocycles. The summed E-state index contributed by atoms with van der Waals surface area (Å²) in [6, 6.07) is 5.96. The predicted molar refractivity (Wildman–Crippen MR) is 94.8 cm³/mol. The maximum Gasteiger partial charge on any atom is 0.231 e. The Balaban J connectivity index is 1.65. The van der Waals surface area contributed by atoms with Crippen molar-refractivity contribution in [3.05, 3.63) is 23.8 Å². The fourth-order valence-electron chi connectivity index (χ4n) is 2.37. The van der Waals surface area contributed by atoms with Gasteiger partial charge in [0.15, 0.2) is 17.5 Å². The smallest absolute Gasteiger partial charge is 0.231 e. The third-order valence-electron chi connectivity index (χ3n) is 3.81. The molecule has 1 aliphatic rings. The average Bonchev–Trinajstić information content (AvgIpc) is 3.07. The molecule has 0 spiro atoms. The van der Waals surface area contributed by atoms with Crippen LogP contribution in [-0.2, 0) is 11.3 Å². The molecule has 0 saturated heterocycles. The Morgan fingerprint density at radius 3 is 2.88 bits per heavy atom. The summed E-state index contributed by atoms with van der Waals surface area (Å²) >= 11 is 0. The van der Waals surface area contributed by atoms with Crippen LogP contribution in [0.15, 0.2) is 23.2 Å². The third kappa shape index (κ3) is 5.90. The van der Waals surface area contributed by atoms with Gasteiger partial charge >= 0.3 is 0 Å². The van der Waals surface area contributed by atoms with Crippen LogP contribution >= 0.6 is 0 Å². The minimum absolute atomic E-state index is 0.300. The zero-order valence-corrected chi connectivity index (χ0v) is 14.8. The molecule has 1 aromatic carbocycles. The van der Waals surface area contributed by atoms with Gasteiger partial charge < -0.3 is 29.7 Å². The van der Waals surface area contributed by atoms with E-state index in [1.807, 2.05) is 18.2 Å². The lowest BCUT2D eigenvalue weighted by Crippen LogP contribution is -2.38. The largest absolute Gasteiger partial charge is 0.454 e. The fourth-order valence-corrected chi connectivity index (χ4v) is 2.37. The van der Waals surface area contributed by atoms with Gasteiger partial charge in [-0.2, -0.15) is 0 Å². The second-order valence-corrected chi connectivity index (χ2v) is 5.69. The molecule has 134 valence electrons. The molecule has 2 N–H and O–H groups in total. The number of nitrogens with zero attached hydrogens (tertiary/aromatic N) is 2. The standard InChI is InChI=1S/C17H28N4O3/c1-18-17(19-7-4-8-21(2)9-10-22-3)20-12-14-5-6-15-16(11-14)24-13-23-15/h5-6,11H,4,7-10,12-13H2,1-3H3,(H2,18,19,20). The van der Waals surface area contributed by atoms with E-state index in [1.165, 1.54) is 0 Å². The SMILES string of the molecule is CN=C(NCCCN(C)CCOC)NCc1ccc2c(c1)OCO2. The molecular weight excluding hydrogens is 308 g/mol. The molecule has 0 unspecified atom stereocenters. The first-order valence-corrected chi connectivity index (χ1v) is 8.23. The lowest BCUT2D eigenvalue weighted by Gasteiger charge is -2.17. The summed E-state index contributed by atoms with van der Waals surface area (Å²) in [5.41, 5.74) is 1.13. The molecule has 2 rings (SSSR count). The van der Waals surface area contributed by atoms with Gasteiger partial charge in [-0.05, 0) is 37.7 Å². The number of methoxy groups -OCH3 is 1. The lowest BCUT2D eigenvalue weighted by molar-refractivity contribution is 0.161. The van der Waals surface area contributed by atoms with Gasteiger partial charge in [-0.3, -0.25) is 4.99 Å². The summed E-state index contributed by atoms with van der Waals surface area (Å²) < 4.78 is 15.8. The van der Waals surface area contributed by atoms with Crippen molar-refractivity contribution >= 4 is 5.96 Å². The van der Waals surface area contributed by atoms with E-state index >= 15 is 0 Å². The number of aliphatic imine (C=N–C) groups is 1. The maximum absolute atomic E-state index is 5.39. The number of benzene rings is 1. The maximum atomic E-state index is 5.39. The molecule has 7 heteroatoms. The van der Waals surface area contributed by atoms with E-state index in [1.54, 1.807) is 14.2 Å². The summed E-state index contributed by atoms with van der Waals surface area (Å²) in [7, 11) is 5.61. The molecule has 0 amide bonds. The van der Waals surface area contributed by atoms with E-state index in [4.69, 9.17) is 14.2 Å². The third-order valence-corrected chi connectivity index (χ3v) is 3.81. The van der Waals surface area contributed by atoms with Crippen LogP contribution in [-0.4, -0.2) is 65.1 Å². The molecule has 0 aromatic heterocycles. The molecule has 0 radical (unpaired) electrons. The topological polar surface area (TPSA) is 67.4 Å². The number of fused-ring (bicyclic) bond motifs is 1. The molecule has 24 heavy (non-hydrogen) atoms. The Morgan fingerprint density at radius 2 is 2.08 bits per heavy atom. The Morgan fingerprint density at radius 1 is 1.25 bits per heavy atom. The van der Waals surface area contributed by atoms with Gasteiger partial charge in [0.05, 0.1) is 6.61 Å². The van der Waals surface area contributed by atoms with Crippen LogP contribution in [0.3, 0.4) is 0 Å². The highest BCUT2D eigenvalue weighted by molar-refractivity contribution is 5.79. The van der Waals surface area contributed by atoms with Crippen LogP contribution in [0, 0.1) is 0 Å². The summed E-state index contributed by atoms with van der Waals surface area (Å²) in [4.78, 5) is 6.50. The summed E-state index contributed by atoms with van der Waals surface area (Å²) in [5, 5.41) is 6.64. The molecule has 0 saturated carbocycles. The second kappa shape index (κ2) is 10.00. The molecular formula is C17H28N4O3. The van der Waals surface area contributed by atoms with Crippen molar-refractivity contribution in [1.29, 1.82) is 0 Å². The summed E-state index contributed by atoms with van der Waals surface area (Å²) in [6.07, 6.45) is 1.05. The first-order chi connectivity index (χ1) is 11.7. The zero-order chi connectivity index (χ0) is 17.2. The number of hydrogen-bond donors (Lipinski definition) is 2. The number of rotatable bonds is 9. The molecule has 0 bridgehead atoms. The van der Waals surface area contributed by atoms with Crippen molar-refractivity contribution in [3.8, 4) is 11.5 Å². The Hall–Kier alpha value is -1.99. The van der Waals surface area contributed by atoms with Gasteiger partial charge in [0.1, 0.15) is 0 Å². The molecule has 1 aliphatic heterocycles. The van der Waals surface area contributed by atoms with Crippen molar-refractivity contribution in [2.24, 2.45) is 4.99 Å². The van der Waals surface area contributed by atoms with Crippen LogP contribution in [0.1, 0.15) is 12.0 Å². The Labute approximate surface area is 144 Å². The van der Waals surface area contributed by atoms with E-state index < -0.39 is 0 Å². The van der Waals surface area contributed by atoms with Crippen LogP contribution in [0.2, 0.25) is 0 Å². The van der Waals surface area contributed by atoms with Crippen molar-refractivity contribution in [2.75, 3.05) is 54.2 Å². The van der Waals surface area contributed by atoms with Gasteiger partial charge in [0.25, 0.3) is 0 Å². The van der Waals surface area contributed by atoms with Gasteiger partial charge in [0, 0.05) is 33.8 Å². The van der Waals surface area contributed by atoms with Crippen molar-refractivity contribution in [1.82, 2.24) is 15.5 Å². The minimum atomic E-state index is 0.300. The highest BCUT2D eigenvalue weighted by Crippen LogP contribution is 2.32. The number of ether oxygens (including phenoxy) is 3. The van der Waals surface area contributed by atoms with E-state index in [0.29, 0.717) is 13.3 Å². The number of likely N-dealkylation sites (N-methyl/N-ethyl adjacent to an activating group) is 1. The number of guanidine groups is 1. The normalized spacial score (nSPS) is 13.4. The predicted octanol–water partition coefficient (Wildman–Crippen LogP) is 1.05. The summed E-state index contributed by atoms with van der Waals surface area (Å²) in [6.45, 7) is 4.60. The van der Waals surface area contributed by atoms with Gasteiger partial charge in [-0.25, -0.2) is 0 Å². The second-order valence-electron chi connectivity index (χ2n) is 5.69. The van der Waals surface area contributed by atoms with E-state index in [2.05, 4.69) is 27.6 Å². The van der Waals surface area contributed by atoms with Gasteiger partial charge in [0.2, 0.25) is 6.79 Å². The molecule has 1 aromatic rings. The molecule has 0 aliphatic carbocycles. The van der Waals surface area contributed by atoms with E-state index in [9.17, 15) is 0 Å². The Bertz CT molecular complexity index is 537. The Kier molecular flexibility index (Phi) is 7.64. The molecule has 0 fully saturated rings. The zero-order valence-electron chi connectivity index (χ0n) is 14.8. The van der Waals surface area contributed by atoms with Gasteiger partial charge in [-0.15, -0.1) is 0 Å². The summed E-state index contributed by atoms with van der Waals surface area (Å²) in [5.74, 6) is 2.41. The first kappa shape index (κ1) is 18.4. The average molecular weight is 336 g/mol. The van der Waals surface area contributed by atoms with Crippen LogP contribution in [0.4, 0.5) is 0 Å². The monoisotopic (exact) mass is 336 g/mol. The van der Waals surface area contributed by atoms with Crippen molar-refractivity contribution in [3.63, 3.8) is 0 Å². The number of nitrogens with one attached hydrogen (secondary N) is 2. The van der Waals surface area contributed by atoms with Gasteiger partial charge in [-0.1, -0.05) is 6.07 Å². The lowest BCUT2D eigenvalue weighted by atomic mass is 10.2. The first-order valence-electron chi connectivity index (χ1n) is 8.23. The number of hydrogen-bond acceptors (Lipinski definition) is 5. The fraction of sp³-hybridized carbons (Fsp3) is 0.588. The molecule has 0 atom stereocenters. The highest BCUT2D eigenvalue weighted by atomic mass is 16.7. The van der Waals surface area contributed by atoms with E-state index in [0.717, 1.165) is 55.7 Å². The quantitative estimate of drug-likeness (QED) is 0.399. The van der Waals surface area contributed by atoms with Crippen LogP contribution in [0.5, 0.6) is 11.5 Å². The van der Waals surface area contributed by atoms with Crippen molar-refractivity contribution in [2.45, 2.75) is 13.0 Å². The highest BCUT2D eigenvalue weighted by Gasteiger charge is 2.13. The van der Waals surface area contributed by atoms with Crippen LogP contribution < -0.4 is 20.1 Å². The van der Waals surface area contributed by atoms with Crippen LogP contribution in [0.25, 0.3) is 0 Å². The minimum Gasteiger partial charge on any atom is -0.454 e.